The van der Waals surface area contributed by atoms with Gasteiger partial charge in [0.1, 0.15) is 0 Å². The zero-order chi connectivity index (χ0) is 7.82. The summed E-state index contributed by atoms with van der Waals surface area (Å²) >= 11 is 5.51. The second-order valence-corrected chi connectivity index (χ2v) is 2.25. The van der Waals surface area contributed by atoms with Crippen molar-refractivity contribution in [1.82, 2.24) is 0 Å². The van der Waals surface area contributed by atoms with Crippen LogP contribution < -0.4 is 0 Å². The zero-order valence-electron chi connectivity index (χ0n) is 6.27. The van der Waals surface area contributed by atoms with Crippen LogP contribution in [0.5, 0.6) is 0 Å². The number of hydrogen-bond donors (Lipinski definition) is 0. The predicted molar refractivity (Wildman–Crippen MR) is 45.2 cm³/mol. The van der Waals surface area contributed by atoms with Gasteiger partial charge < -0.3 is 4.74 Å². The first-order valence-electron chi connectivity index (χ1n) is 3.23. The molecule has 0 aliphatic carbocycles. The van der Waals surface area contributed by atoms with Crippen molar-refractivity contribution in [2.75, 3.05) is 13.7 Å². The average Bonchev–Trinajstić information content (AvgIpc) is 1.98. The van der Waals surface area contributed by atoms with Gasteiger partial charge in [-0.3, -0.25) is 0 Å². The van der Waals surface area contributed by atoms with Gasteiger partial charge in [0.05, 0.1) is 6.61 Å². The van der Waals surface area contributed by atoms with Gasteiger partial charge in [0.15, 0.2) is 0 Å². The van der Waals surface area contributed by atoms with Gasteiger partial charge in [0.25, 0.3) is 0 Å². The molecule has 0 aromatic heterocycles. The summed E-state index contributed by atoms with van der Waals surface area (Å²) in [4.78, 5) is 0. The second-order valence-electron chi connectivity index (χ2n) is 2.03. The van der Waals surface area contributed by atoms with Crippen LogP contribution in [0, 0.1) is 0 Å². The maximum Gasteiger partial charge on any atom is 0.0684 e. The predicted octanol–water partition coefficient (Wildman–Crippen LogP) is 2.72. The lowest BCUT2D eigenvalue weighted by atomic mass is 10.2. The first-order valence-corrected chi connectivity index (χ1v) is 3.66. The van der Waals surface area contributed by atoms with E-state index in [1.165, 1.54) is 0 Å². The fraction of sp³-hybridized carbons (Fsp3) is 0.500. The highest BCUT2D eigenvalue weighted by Crippen LogP contribution is 2.06. The molecule has 0 radical (unpaired) electrons. The van der Waals surface area contributed by atoms with Gasteiger partial charge in [-0.05, 0) is 18.4 Å². The Bertz CT molecular complexity index is 118. The Kier molecular flexibility index (Phi) is 6.66. The Balaban J connectivity index is 3.51. The van der Waals surface area contributed by atoms with E-state index < -0.39 is 0 Å². The summed E-state index contributed by atoms with van der Waals surface area (Å²) in [5.41, 5.74) is 2.69. The molecule has 0 spiro atoms. The molecule has 0 unspecified atom stereocenters. The highest BCUT2D eigenvalue weighted by Gasteiger charge is 1.92. The van der Waals surface area contributed by atoms with Crippen molar-refractivity contribution in [3.8, 4) is 0 Å². The minimum absolute atomic E-state index is 0.622. The maximum atomic E-state index is 5.51. The third-order valence-electron chi connectivity index (χ3n) is 1.15. The maximum absolute atomic E-state index is 5.51. The fourth-order valence-electron chi connectivity index (χ4n) is 0.631. The molecule has 0 rings (SSSR count). The molecular weight excluding hydrogens is 148 g/mol. The average molecular weight is 161 g/mol. The van der Waals surface area contributed by atoms with Crippen LogP contribution in [0.25, 0.3) is 0 Å². The molecule has 58 valence electrons. The van der Waals surface area contributed by atoms with Gasteiger partial charge in [0.2, 0.25) is 0 Å². The second kappa shape index (κ2) is 6.84. The van der Waals surface area contributed by atoms with Gasteiger partial charge in [-0.2, -0.15) is 0 Å². The summed E-state index contributed by atoms with van der Waals surface area (Å²) in [5.74, 6) is 0. The lowest BCUT2D eigenvalue weighted by Gasteiger charge is -2.00. The van der Waals surface area contributed by atoms with Crippen molar-refractivity contribution >= 4 is 11.6 Å². The van der Waals surface area contributed by atoms with E-state index in [1.807, 2.05) is 6.08 Å². The molecule has 10 heavy (non-hydrogen) atoms. The van der Waals surface area contributed by atoms with E-state index in [-0.39, 0.29) is 0 Å². The molecule has 0 amide bonds. The van der Waals surface area contributed by atoms with Crippen molar-refractivity contribution in [3.05, 3.63) is 23.8 Å². The van der Waals surface area contributed by atoms with Gasteiger partial charge in [-0.15, -0.1) is 6.58 Å². The molecule has 0 N–H and O–H groups in total. The molecule has 1 nitrogen and oxygen atoms in total. The molecule has 2 heteroatoms. The third-order valence-corrected chi connectivity index (χ3v) is 1.46. The Morgan fingerprint density at radius 3 is 2.80 bits per heavy atom. The van der Waals surface area contributed by atoms with Crippen molar-refractivity contribution < 1.29 is 4.74 Å². The van der Waals surface area contributed by atoms with Crippen LogP contribution >= 0.6 is 11.6 Å². The Morgan fingerprint density at radius 1 is 1.70 bits per heavy atom. The molecule has 0 aromatic rings. The van der Waals surface area contributed by atoms with E-state index in [2.05, 4.69) is 6.58 Å². The van der Waals surface area contributed by atoms with Gasteiger partial charge in [-0.25, -0.2) is 0 Å². The van der Waals surface area contributed by atoms with Gasteiger partial charge in [-0.1, -0.05) is 17.7 Å². The minimum Gasteiger partial charge on any atom is -0.380 e. The first-order chi connectivity index (χ1) is 4.85. The lowest BCUT2D eigenvalue weighted by molar-refractivity contribution is 0.223. The van der Waals surface area contributed by atoms with Crippen molar-refractivity contribution in [2.24, 2.45) is 0 Å². The SMILES string of the molecule is C=CCC/C(=C/Cl)COC. The highest BCUT2D eigenvalue weighted by atomic mass is 35.5. The van der Waals surface area contributed by atoms with E-state index in [0.717, 1.165) is 18.4 Å². The van der Waals surface area contributed by atoms with E-state index in [4.69, 9.17) is 16.3 Å². The molecule has 0 fully saturated rings. The molecule has 0 saturated carbocycles. The number of methoxy groups -OCH3 is 1. The van der Waals surface area contributed by atoms with Crippen LogP contribution in [0.4, 0.5) is 0 Å². The van der Waals surface area contributed by atoms with E-state index in [9.17, 15) is 0 Å². The van der Waals surface area contributed by atoms with Crippen LogP contribution in [0.3, 0.4) is 0 Å². The molecule has 0 atom stereocenters. The Morgan fingerprint density at radius 2 is 2.40 bits per heavy atom. The topological polar surface area (TPSA) is 9.23 Å². The molecule has 0 saturated heterocycles. The van der Waals surface area contributed by atoms with Crippen LogP contribution in [-0.2, 0) is 4.74 Å². The Labute approximate surface area is 67.3 Å². The number of allylic oxidation sites excluding steroid dienone is 1. The number of rotatable bonds is 5. The fourth-order valence-corrected chi connectivity index (χ4v) is 0.803. The quantitative estimate of drug-likeness (QED) is 0.562. The van der Waals surface area contributed by atoms with Crippen LogP contribution in [-0.4, -0.2) is 13.7 Å². The third kappa shape index (κ3) is 4.59. The molecule has 0 bridgehead atoms. The summed E-state index contributed by atoms with van der Waals surface area (Å²) in [6.45, 7) is 4.24. The van der Waals surface area contributed by atoms with Gasteiger partial charge >= 0.3 is 0 Å². The van der Waals surface area contributed by atoms with Crippen molar-refractivity contribution in [2.45, 2.75) is 12.8 Å². The zero-order valence-corrected chi connectivity index (χ0v) is 7.03. The van der Waals surface area contributed by atoms with Crippen LogP contribution in [0.1, 0.15) is 12.8 Å². The molecule has 0 aliphatic rings. The summed E-state index contributed by atoms with van der Waals surface area (Å²) < 4.78 is 4.90. The van der Waals surface area contributed by atoms with Crippen LogP contribution in [0.15, 0.2) is 23.8 Å². The first kappa shape index (κ1) is 9.73. The van der Waals surface area contributed by atoms with E-state index in [0.29, 0.717) is 6.61 Å². The lowest BCUT2D eigenvalue weighted by Crippen LogP contribution is -1.92. The number of halogens is 1. The standard InChI is InChI=1S/C8H13ClO/c1-3-4-5-8(6-9)7-10-2/h3,6H,1,4-5,7H2,2H3/b8-6-. The molecule has 0 heterocycles. The molecule has 0 aliphatic heterocycles. The van der Waals surface area contributed by atoms with Crippen molar-refractivity contribution in [3.63, 3.8) is 0 Å². The van der Waals surface area contributed by atoms with E-state index in [1.54, 1.807) is 12.6 Å². The van der Waals surface area contributed by atoms with E-state index >= 15 is 0 Å². The largest absolute Gasteiger partial charge is 0.380 e. The summed E-state index contributed by atoms with van der Waals surface area (Å²) in [6, 6.07) is 0. The molecule has 0 aromatic carbocycles. The smallest absolute Gasteiger partial charge is 0.0684 e. The normalized spacial score (nSPS) is 11.6. The van der Waals surface area contributed by atoms with Gasteiger partial charge in [0, 0.05) is 12.6 Å². The number of hydrogen-bond acceptors (Lipinski definition) is 1. The molecular formula is C8H13ClO. The summed E-state index contributed by atoms with van der Waals surface area (Å²) in [7, 11) is 1.66. The highest BCUT2D eigenvalue weighted by molar-refractivity contribution is 6.25. The minimum atomic E-state index is 0.622. The number of ether oxygens (including phenoxy) is 1. The summed E-state index contributed by atoms with van der Waals surface area (Å²) in [5, 5.41) is 0. The van der Waals surface area contributed by atoms with Crippen LogP contribution in [0.2, 0.25) is 0 Å². The van der Waals surface area contributed by atoms with Crippen molar-refractivity contribution in [1.29, 1.82) is 0 Å². The summed E-state index contributed by atoms with van der Waals surface area (Å²) in [6.07, 6.45) is 3.78. The monoisotopic (exact) mass is 160 g/mol. The Hall–Kier alpha value is -0.270.